The first-order chi connectivity index (χ1) is 10.9. The molecule has 0 radical (unpaired) electrons. The van der Waals surface area contributed by atoms with Crippen LogP contribution in [0.1, 0.15) is 18.4 Å². The Labute approximate surface area is 148 Å². The minimum atomic E-state index is -2.49. The summed E-state index contributed by atoms with van der Waals surface area (Å²) in [6, 6.07) is 14.0. The highest BCUT2D eigenvalue weighted by Crippen LogP contribution is 2.34. The lowest BCUT2D eigenvalue weighted by Gasteiger charge is -2.31. The molecule has 1 heterocycles. The largest absolute Gasteiger partial charge is 0.299 e. The molecule has 0 aliphatic carbocycles. The first kappa shape index (κ1) is 16.9. The first-order valence-electron chi connectivity index (χ1n) is 7.58. The Morgan fingerprint density at radius 1 is 1.04 bits per heavy atom. The summed E-state index contributed by atoms with van der Waals surface area (Å²) in [6.07, 6.45) is -0.0858. The Hall–Kier alpha value is -0.970. The van der Waals surface area contributed by atoms with Crippen LogP contribution in [0.4, 0.5) is 8.78 Å². The highest BCUT2D eigenvalue weighted by molar-refractivity contribution is 9.10. The predicted molar refractivity (Wildman–Crippen MR) is 94.0 cm³/mol. The van der Waals surface area contributed by atoms with Crippen molar-refractivity contribution >= 4 is 27.5 Å². The van der Waals surface area contributed by atoms with Crippen LogP contribution in [0.15, 0.2) is 46.9 Å². The average Bonchev–Trinajstić information content (AvgIpc) is 2.53. The number of benzene rings is 2. The summed E-state index contributed by atoms with van der Waals surface area (Å²) >= 11 is 9.76. The fourth-order valence-electron chi connectivity index (χ4n) is 2.81. The summed E-state index contributed by atoms with van der Waals surface area (Å²) in [5.41, 5.74) is 3.15. The van der Waals surface area contributed by atoms with E-state index in [2.05, 4.69) is 20.8 Å². The topological polar surface area (TPSA) is 3.24 Å². The quantitative estimate of drug-likeness (QED) is 0.610. The number of alkyl halides is 2. The molecular weight excluding hydrogens is 384 g/mol. The van der Waals surface area contributed by atoms with Crippen molar-refractivity contribution in [1.29, 1.82) is 0 Å². The van der Waals surface area contributed by atoms with Gasteiger partial charge in [-0.05, 0) is 33.1 Å². The van der Waals surface area contributed by atoms with Crippen molar-refractivity contribution < 1.29 is 8.78 Å². The lowest BCUT2D eigenvalue weighted by molar-refractivity contribution is -0.0566. The molecule has 5 heteroatoms. The van der Waals surface area contributed by atoms with Gasteiger partial charge in [0.25, 0.3) is 5.92 Å². The zero-order valence-corrected chi connectivity index (χ0v) is 14.9. The maximum absolute atomic E-state index is 13.2. The van der Waals surface area contributed by atoms with Crippen molar-refractivity contribution in [3.63, 3.8) is 0 Å². The highest BCUT2D eigenvalue weighted by Gasteiger charge is 2.33. The second-order valence-corrected chi connectivity index (χ2v) is 7.16. The number of nitrogens with zero attached hydrogens (tertiary/aromatic N) is 1. The third-order valence-corrected chi connectivity index (χ3v) is 5.51. The highest BCUT2D eigenvalue weighted by atomic mass is 79.9. The lowest BCUT2D eigenvalue weighted by atomic mass is 10.0. The Kier molecular flexibility index (Phi) is 5.04. The van der Waals surface area contributed by atoms with Crippen LogP contribution in [-0.4, -0.2) is 23.9 Å². The molecule has 0 amide bonds. The number of halogens is 4. The Balaban J connectivity index is 1.69. The predicted octanol–water partition coefficient (Wildman–Crippen LogP) is 6.00. The van der Waals surface area contributed by atoms with Gasteiger partial charge in [-0.25, -0.2) is 8.78 Å². The van der Waals surface area contributed by atoms with Crippen molar-refractivity contribution in [2.45, 2.75) is 25.3 Å². The van der Waals surface area contributed by atoms with E-state index in [1.807, 2.05) is 42.5 Å². The first-order valence-corrected chi connectivity index (χ1v) is 8.75. The summed E-state index contributed by atoms with van der Waals surface area (Å²) in [7, 11) is 0. The molecule has 1 aliphatic heterocycles. The molecule has 3 rings (SSSR count). The fraction of sp³-hybridized carbons (Fsp3) is 0.333. The third kappa shape index (κ3) is 4.11. The SMILES string of the molecule is FC1(F)CCN(Cc2ccc(-c3cccc(Br)c3Cl)cc2)CC1. The molecule has 0 saturated carbocycles. The van der Waals surface area contributed by atoms with Crippen molar-refractivity contribution in [3.05, 3.63) is 57.5 Å². The van der Waals surface area contributed by atoms with E-state index >= 15 is 0 Å². The maximum atomic E-state index is 13.2. The van der Waals surface area contributed by atoms with E-state index < -0.39 is 5.92 Å². The van der Waals surface area contributed by atoms with E-state index in [0.29, 0.717) is 24.7 Å². The van der Waals surface area contributed by atoms with Gasteiger partial charge in [-0.15, -0.1) is 0 Å². The fourth-order valence-corrected chi connectivity index (χ4v) is 3.41. The van der Waals surface area contributed by atoms with Gasteiger partial charge in [0.2, 0.25) is 0 Å². The molecule has 0 bridgehead atoms. The molecule has 0 atom stereocenters. The summed E-state index contributed by atoms with van der Waals surface area (Å²) < 4.78 is 27.2. The van der Waals surface area contributed by atoms with Crippen LogP contribution in [0, 0.1) is 0 Å². The average molecular weight is 401 g/mol. The van der Waals surface area contributed by atoms with Crippen LogP contribution < -0.4 is 0 Å². The zero-order chi connectivity index (χ0) is 16.4. The molecular formula is C18H17BrClF2N. The minimum Gasteiger partial charge on any atom is -0.299 e. The molecule has 0 N–H and O–H groups in total. The van der Waals surface area contributed by atoms with E-state index in [9.17, 15) is 8.78 Å². The normalized spacial score (nSPS) is 18.1. The van der Waals surface area contributed by atoms with Gasteiger partial charge in [-0.3, -0.25) is 4.90 Å². The van der Waals surface area contributed by atoms with Crippen LogP contribution in [0.5, 0.6) is 0 Å². The van der Waals surface area contributed by atoms with Crippen molar-refractivity contribution in [2.75, 3.05) is 13.1 Å². The lowest BCUT2D eigenvalue weighted by Crippen LogP contribution is -2.38. The van der Waals surface area contributed by atoms with Crippen molar-refractivity contribution in [3.8, 4) is 11.1 Å². The second kappa shape index (κ2) is 6.88. The molecule has 1 saturated heterocycles. The minimum absolute atomic E-state index is 0.0429. The molecule has 23 heavy (non-hydrogen) atoms. The van der Waals surface area contributed by atoms with Gasteiger partial charge in [0, 0.05) is 42.5 Å². The van der Waals surface area contributed by atoms with Crippen molar-refractivity contribution in [1.82, 2.24) is 4.90 Å². The molecule has 0 spiro atoms. The van der Waals surface area contributed by atoms with E-state index in [0.717, 1.165) is 21.2 Å². The number of rotatable bonds is 3. The summed E-state index contributed by atoms with van der Waals surface area (Å²) in [5.74, 6) is -2.49. The molecule has 1 aliphatic rings. The monoisotopic (exact) mass is 399 g/mol. The standard InChI is InChI=1S/C18H17BrClF2N/c19-16-3-1-2-15(17(16)20)14-6-4-13(5-7-14)12-23-10-8-18(21,22)9-11-23/h1-7H,8-12H2. The molecule has 1 nitrogen and oxygen atoms in total. The number of hydrogen-bond acceptors (Lipinski definition) is 1. The van der Waals surface area contributed by atoms with E-state index in [-0.39, 0.29) is 12.8 Å². The van der Waals surface area contributed by atoms with Gasteiger partial charge in [-0.2, -0.15) is 0 Å². The van der Waals surface area contributed by atoms with E-state index in [4.69, 9.17) is 11.6 Å². The van der Waals surface area contributed by atoms with Gasteiger partial charge < -0.3 is 0 Å². The van der Waals surface area contributed by atoms with Crippen LogP contribution in [0.25, 0.3) is 11.1 Å². The van der Waals surface area contributed by atoms with Crippen molar-refractivity contribution in [2.24, 2.45) is 0 Å². The zero-order valence-electron chi connectivity index (χ0n) is 12.5. The maximum Gasteiger partial charge on any atom is 0.250 e. The van der Waals surface area contributed by atoms with E-state index in [1.165, 1.54) is 0 Å². The molecule has 2 aromatic carbocycles. The number of piperidine rings is 1. The molecule has 2 aromatic rings. The Morgan fingerprint density at radius 2 is 1.70 bits per heavy atom. The van der Waals surface area contributed by atoms with Crippen LogP contribution in [0.3, 0.4) is 0 Å². The van der Waals surface area contributed by atoms with Gasteiger partial charge >= 0.3 is 0 Å². The molecule has 1 fully saturated rings. The van der Waals surface area contributed by atoms with E-state index in [1.54, 1.807) is 0 Å². The van der Waals surface area contributed by atoms with Gasteiger partial charge in [-0.1, -0.05) is 48.0 Å². The Morgan fingerprint density at radius 3 is 2.35 bits per heavy atom. The van der Waals surface area contributed by atoms with Crippen LogP contribution >= 0.6 is 27.5 Å². The van der Waals surface area contributed by atoms with Gasteiger partial charge in [0.15, 0.2) is 0 Å². The summed E-state index contributed by atoms with van der Waals surface area (Å²) in [5, 5.41) is 0.693. The second-order valence-electron chi connectivity index (χ2n) is 5.93. The van der Waals surface area contributed by atoms with Crippen LogP contribution in [-0.2, 0) is 6.54 Å². The molecule has 0 unspecified atom stereocenters. The molecule has 0 aromatic heterocycles. The molecule has 122 valence electrons. The number of hydrogen-bond donors (Lipinski definition) is 0. The smallest absolute Gasteiger partial charge is 0.250 e. The summed E-state index contributed by atoms with van der Waals surface area (Å²) in [4.78, 5) is 2.08. The van der Waals surface area contributed by atoms with Gasteiger partial charge in [0.05, 0.1) is 5.02 Å². The third-order valence-electron chi connectivity index (χ3n) is 4.21. The van der Waals surface area contributed by atoms with Gasteiger partial charge in [0.1, 0.15) is 0 Å². The van der Waals surface area contributed by atoms with Crippen LogP contribution in [0.2, 0.25) is 5.02 Å². The summed E-state index contributed by atoms with van der Waals surface area (Å²) in [6.45, 7) is 1.61. The Bertz CT molecular complexity index is 678. The number of likely N-dealkylation sites (tertiary alicyclic amines) is 1.